The zero-order valence-electron chi connectivity index (χ0n) is 12.8. The molecule has 0 saturated carbocycles. The van der Waals surface area contributed by atoms with Crippen molar-refractivity contribution in [2.45, 2.75) is 33.2 Å². The Morgan fingerprint density at radius 1 is 1.19 bits per heavy atom. The number of ether oxygens (including phenoxy) is 2. The van der Waals surface area contributed by atoms with Crippen molar-refractivity contribution in [3.63, 3.8) is 0 Å². The van der Waals surface area contributed by atoms with E-state index in [1.165, 1.54) is 0 Å². The van der Waals surface area contributed by atoms with Gasteiger partial charge in [-0.1, -0.05) is 32.5 Å². The normalized spacial score (nSPS) is 21.7. The summed E-state index contributed by atoms with van der Waals surface area (Å²) >= 11 is 1.78. The summed E-state index contributed by atoms with van der Waals surface area (Å²) in [6.07, 6.45) is 1.14. The SMILES string of the molecule is CC(C)(C)C1CCSC(Nc2ccc3c(c2)OCCO3)=N1. The van der Waals surface area contributed by atoms with E-state index in [0.717, 1.165) is 34.5 Å². The van der Waals surface area contributed by atoms with Crippen molar-refractivity contribution in [3.8, 4) is 11.5 Å². The Kier molecular flexibility index (Phi) is 4.02. The molecule has 1 unspecified atom stereocenters. The third-order valence-corrected chi connectivity index (χ3v) is 4.62. The molecule has 1 aromatic carbocycles. The molecule has 2 heterocycles. The highest BCUT2D eigenvalue weighted by molar-refractivity contribution is 8.14. The van der Waals surface area contributed by atoms with E-state index < -0.39 is 0 Å². The van der Waals surface area contributed by atoms with Crippen molar-refractivity contribution in [2.24, 2.45) is 10.4 Å². The topological polar surface area (TPSA) is 42.8 Å². The monoisotopic (exact) mass is 306 g/mol. The molecule has 4 nitrogen and oxygen atoms in total. The number of amidine groups is 1. The fraction of sp³-hybridized carbons (Fsp3) is 0.562. The molecular weight excluding hydrogens is 284 g/mol. The van der Waals surface area contributed by atoms with Gasteiger partial charge in [-0.15, -0.1) is 0 Å². The average Bonchev–Trinajstić information content (AvgIpc) is 2.46. The lowest BCUT2D eigenvalue weighted by molar-refractivity contribution is 0.171. The van der Waals surface area contributed by atoms with Gasteiger partial charge in [0, 0.05) is 17.5 Å². The predicted molar refractivity (Wildman–Crippen MR) is 88.8 cm³/mol. The Hall–Kier alpha value is -1.36. The van der Waals surface area contributed by atoms with Gasteiger partial charge in [0.25, 0.3) is 0 Å². The molecule has 2 aliphatic rings. The molecule has 0 bridgehead atoms. The third kappa shape index (κ3) is 3.46. The summed E-state index contributed by atoms with van der Waals surface area (Å²) in [5, 5.41) is 4.41. The molecule has 0 aliphatic carbocycles. The summed E-state index contributed by atoms with van der Waals surface area (Å²) < 4.78 is 11.2. The average molecular weight is 306 g/mol. The van der Waals surface area contributed by atoms with Crippen LogP contribution in [0.4, 0.5) is 5.69 Å². The molecule has 0 radical (unpaired) electrons. The zero-order valence-corrected chi connectivity index (χ0v) is 13.6. The summed E-state index contributed by atoms with van der Waals surface area (Å²) in [5.41, 5.74) is 1.21. The summed E-state index contributed by atoms with van der Waals surface area (Å²) in [5.74, 6) is 2.73. The Bertz CT molecular complexity index is 552. The number of rotatable bonds is 1. The number of aliphatic imine (C=N–C) groups is 1. The predicted octanol–water partition coefficient (Wildman–Crippen LogP) is 3.78. The second-order valence-electron chi connectivity index (χ2n) is 6.44. The van der Waals surface area contributed by atoms with Crippen molar-refractivity contribution in [2.75, 3.05) is 24.3 Å². The minimum atomic E-state index is 0.209. The maximum absolute atomic E-state index is 5.62. The second-order valence-corrected chi connectivity index (χ2v) is 7.52. The molecular formula is C16H22N2O2S. The van der Waals surface area contributed by atoms with E-state index in [1.54, 1.807) is 11.8 Å². The first-order valence-corrected chi connectivity index (χ1v) is 8.38. The lowest BCUT2D eigenvalue weighted by atomic mass is 9.85. The number of hydrogen-bond acceptors (Lipinski definition) is 5. The molecule has 1 N–H and O–H groups in total. The molecule has 2 aliphatic heterocycles. The molecule has 114 valence electrons. The molecule has 0 spiro atoms. The zero-order chi connectivity index (χ0) is 14.9. The van der Waals surface area contributed by atoms with Crippen LogP contribution in [0.15, 0.2) is 23.2 Å². The van der Waals surface area contributed by atoms with Crippen molar-refractivity contribution in [1.82, 2.24) is 0 Å². The van der Waals surface area contributed by atoms with Crippen LogP contribution in [-0.2, 0) is 0 Å². The van der Waals surface area contributed by atoms with Crippen LogP contribution in [0.1, 0.15) is 27.2 Å². The van der Waals surface area contributed by atoms with Crippen LogP contribution in [0.3, 0.4) is 0 Å². The lowest BCUT2D eigenvalue weighted by Crippen LogP contribution is -2.30. The minimum Gasteiger partial charge on any atom is -0.486 e. The van der Waals surface area contributed by atoms with E-state index in [9.17, 15) is 0 Å². The number of nitrogens with zero attached hydrogens (tertiary/aromatic N) is 1. The summed E-state index contributed by atoms with van der Waals surface area (Å²) in [6, 6.07) is 6.32. The first-order chi connectivity index (χ1) is 10.0. The van der Waals surface area contributed by atoms with Gasteiger partial charge in [0.1, 0.15) is 13.2 Å². The van der Waals surface area contributed by atoms with Gasteiger partial charge in [0.2, 0.25) is 0 Å². The largest absolute Gasteiger partial charge is 0.486 e. The van der Waals surface area contributed by atoms with Crippen molar-refractivity contribution >= 4 is 22.6 Å². The van der Waals surface area contributed by atoms with Crippen molar-refractivity contribution in [3.05, 3.63) is 18.2 Å². The van der Waals surface area contributed by atoms with Gasteiger partial charge in [-0.05, 0) is 24.0 Å². The number of fused-ring (bicyclic) bond motifs is 1. The second kappa shape index (κ2) is 5.79. The van der Waals surface area contributed by atoms with Gasteiger partial charge < -0.3 is 14.8 Å². The van der Waals surface area contributed by atoms with Crippen LogP contribution in [0.2, 0.25) is 0 Å². The van der Waals surface area contributed by atoms with Gasteiger partial charge in [0.05, 0.1) is 6.04 Å². The Morgan fingerprint density at radius 2 is 1.95 bits per heavy atom. The summed E-state index contributed by atoms with van der Waals surface area (Å²) in [4.78, 5) is 4.86. The van der Waals surface area contributed by atoms with Crippen molar-refractivity contribution < 1.29 is 9.47 Å². The van der Waals surface area contributed by atoms with Crippen LogP contribution >= 0.6 is 11.8 Å². The highest BCUT2D eigenvalue weighted by Crippen LogP contribution is 2.34. The lowest BCUT2D eigenvalue weighted by Gasteiger charge is -2.31. The molecule has 1 aromatic rings. The van der Waals surface area contributed by atoms with Crippen LogP contribution in [0.25, 0.3) is 0 Å². The van der Waals surface area contributed by atoms with Crippen molar-refractivity contribution in [1.29, 1.82) is 0 Å². The Labute approximate surface area is 130 Å². The molecule has 0 amide bonds. The van der Waals surface area contributed by atoms with Gasteiger partial charge in [-0.3, -0.25) is 4.99 Å². The van der Waals surface area contributed by atoms with Crippen LogP contribution < -0.4 is 14.8 Å². The number of hydrogen-bond donors (Lipinski definition) is 1. The highest BCUT2D eigenvalue weighted by Gasteiger charge is 2.27. The maximum Gasteiger partial charge on any atom is 0.163 e. The molecule has 0 fully saturated rings. The molecule has 0 aromatic heterocycles. The van der Waals surface area contributed by atoms with Crippen LogP contribution in [-0.4, -0.2) is 30.2 Å². The summed E-state index contributed by atoms with van der Waals surface area (Å²) in [7, 11) is 0. The third-order valence-electron chi connectivity index (χ3n) is 3.70. The number of anilines is 1. The number of thioether (sulfide) groups is 1. The molecule has 0 saturated heterocycles. The fourth-order valence-electron chi connectivity index (χ4n) is 2.45. The van der Waals surface area contributed by atoms with Crippen LogP contribution in [0.5, 0.6) is 11.5 Å². The van der Waals surface area contributed by atoms with Gasteiger partial charge >= 0.3 is 0 Å². The van der Waals surface area contributed by atoms with E-state index in [2.05, 4.69) is 26.1 Å². The van der Waals surface area contributed by atoms with E-state index in [4.69, 9.17) is 14.5 Å². The highest BCUT2D eigenvalue weighted by atomic mass is 32.2. The van der Waals surface area contributed by atoms with E-state index in [0.29, 0.717) is 19.3 Å². The number of nitrogens with one attached hydrogen (secondary N) is 1. The standard InChI is InChI=1S/C16H22N2O2S/c1-16(2,3)14-6-9-21-15(18-14)17-11-4-5-12-13(10-11)20-8-7-19-12/h4-5,10,14H,6-9H2,1-3H3,(H,17,18). The van der Waals surface area contributed by atoms with Gasteiger partial charge in [0.15, 0.2) is 16.7 Å². The fourth-order valence-corrected chi connectivity index (χ4v) is 3.38. The minimum absolute atomic E-state index is 0.209. The Balaban J connectivity index is 1.75. The smallest absolute Gasteiger partial charge is 0.163 e. The van der Waals surface area contributed by atoms with Gasteiger partial charge in [-0.25, -0.2) is 0 Å². The first kappa shape index (κ1) is 14.6. The molecule has 1 atom stereocenters. The van der Waals surface area contributed by atoms with E-state index in [-0.39, 0.29) is 5.41 Å². The molecule has 21 heavy (non-hydrogen) atoms. The van der Waals surface area contributed by atoms with E-state index in [1.807, 2.05) is 18.2 Å². The van der Waals surface area contributed by atoms with Gasteiger partial charge in [-0.2, -0.15) is 0 Å². The Morgan fingerprint density at radius 3 is 2.71 bits per heavy atom. The maximum atomic E-state index is 5.62. The molecule has 3 rings (SSSR count). The van der Waals surface area contributed by atoms with Crippen LogP contribution in [0, 0.1) is 5.41 Å². The summed E-state index contributed by atoms with van der Waals surface area (Å²) in [6.45, 7) is 7.98. The quantitative estimate of drug-likeness (QED) is 0.857. The van der Waals surface area contributed by atoms with E-state index >= 15 is 0 Å². The molecule has 5 heteroatoms. The first-order valence-electron chi connectivity index (χ1n) is 7.40. The number of benzene rings is 1.